The summed E-state index contributed by atoms with van der Waals surface area (Å²) in [5.74, 6) is -0.872. The zero-order chi connectivity index (χ0) is 14.7. The average Bonchev–Trinajstić information content (AvgIpc) is 2.43. The van der Waals surface area contributed by atoms with Crippen LogP contribution in [0.15, 0.2) is 35.4 Å². The number of nitro benzene ring substituents is 1. The van der Waals surface area contributed by atoms with E-state index < -0.39 is 16.1 Å². The second-order valence-corrected chi connectivity index (χ2v) is 5.36. The molecule has 6 nitrogen and oxygen atoms in total. The van der Waals surface area contributed by atoms with Crippen molar-refractivity contribution in [1.82, 2.24) is 4.98 Å². The fourth-order valence-electron chi connectivity index (χ4n) is 1.73. The van der Waals surface area contributed by atoms with Gasteiger partial charge in [0.25, 0.3) is 5.69 Å². The summed E-state index contributed by atoms with van der Waals surface area (Å²) in [5, 5.41) is 20.4. The minimum absolute atomic E-state index is 0.0108. The number of fused-ring (bicyclic) bond motifs is 1. The summed E-state index contributed by atoms with van der Waals surface area (Å²) in [6.45, 7) is 1.80. The Morgan fingerprint density at radius 2 is 2.20 bits per heavy atom. The minimum Gasteiger partial charge on any atom is -0.480 e. The van der Waals surface area contributed by atoms with Crippen molar-refractivity contribution >= 4 is 34.3 Å². The third-order valence-electron chi connectivity index (χ3n) is 2.77. The molecule has 0 aliphatic heterocycles. The largest absolute Gasteiger partial charge is 0.480 e. The Labute approximate surface area is 119 Å². The number of aliphatic carboxylic acids is 1. The number of carboxylic acid groups (broad SMARTS) is 1. The van der Waals surface area contributed by atoms with Gasteiger partial charge in [-0.25, -0.2) is 4.98 Å². The molecule has 0 aliphatic rings. The van der Waals surface area contributed by atoms with Crippen molar-refractivity contribution in [3.63, 3.8) is 0 Å². The van der Waals surface area contributed by atoms with Gasteiger partial charge in [-0.05, 0) is 24.6 Å². The maximum atomic E-state index is 11.0. The van der Waals surface area contributed by atoms with Gasteiger partial charge in [0.1, 0.15) is 5.25 Å². The number of hydrogen-bond acceptors (Lipinski definition) is 5. The molecule has 1 heterocycles. The van der Waals surface area contributed by atoms with Crippen LogP contribution in [0.1, 0.15) is 13.3 Å². The molecule has 2 aromatic rings. The van der Waals surface area contributed by atoms with E-state index in [1.54, 1.807) is 25.1 Å². The summed E-state index contributed by atoms with van der Waals surface area (Å²) in [5.41, 5.74) is 0.623. The normalized spacial score (nSPS) is 12.2. The van der Waals surface area contributed by atoms with E-state index in [0.717, 1.165) is 0 Å². The van der Waals surface area contributed by atoms with Gasteiger partial charge in [-0.3, -0.25) is 14.9 Å². The van der Waals surface area contributed by atoms with Crippen LogP contribution >= 0.6 is 11.8 Å². The molecule has 1 atom stereocenters. The van der Waals surface area contributed by atoms with E-state index in [1.807, 2.05) is 0 Å². The third kappa shape index (κ3) is 3.05. The first-order valence-electron chi connectivity index (χ1n) is 5.96. The number of carbonyl (C=O) groups is 1. The number of benzene rings is 1. The molecule has 0 bridgehead atoms. The highest BCUT2D eigenvalue weighted by Gasteiger charge is 2.17. The van der Waals surface area contributed by atoms with Crippen LogP contribution < -0.4 is 0 Å². The van der Waals surface area contributed by atoms with Crippen molar-refractivity contribution in [2.45, 2.75) is 23.6 Å². The molecule has 1 aromatic carbocycles. The molecule has 0 radical (unpaired) electrons. The number of nitro groups is 1. The molecular weight excluding hydrogens is 280 g/mol. The Hall–Kier alpha value is -2.15. The Morgan fingerprint density at radius 3 is 2.80 bits per heavy atom. The number of non-ortho nitro benzene ring substituents is 1. The minimum atomic E-state index is -0.872. The lowest BCUT2D eigenvalue weighted by Gasteiger charge is -2.09. The molecule has 0 fully saturated rings. The van der Waals surface area contributed by atoms with Crippen LogP contribution in [-0.4, -0.2) is 26.2 Å². The third-order valence-corrected chi connectivity index (χ3v) is 4.06. The predicted octanol–water partition coefficient (Wildman–Crippen LogP) is 3.10. The molecule has 0 spiro atoms. The van der Waals surface area contributed by atoms with Gasteiger partial charge in [-0.15, -0.1) is 0 Å². The van der Waals surface area contributed by atoms with Crippen molar-refractivity contribution in [1.29, 1.82) is 0 Å². The summed E-state index contributed by atoms with van der Waals surface area (Å²) in [6.07, 6.45) is 0.500. The molecular formula is C13H12N2O4S. The van der Waals surface area contributed by atoms with Gasteiger partial charge in [0.2, 0.25) is 0 Å². The monoisotopic (exact) mass is 292 g/mol. The molecule has 20 heavy (non-hydrogen) atoms. The van der Waals surface area contributed by atoms with Crippen molar-refractivity contribution in [2.75, 3.05) is 0 Å². The number of aromatic nitrogens is 1. The lowest BCUT2D eigenvalue weighted by Crippen LogP contribution is -2.14. The van der Waals surface area contributed by atoms with E-state index in [-0.39, 0.29) is 5.69 Å². The molecule has 1 unspecified atom stereocenters. The number of thioether (sulfide) groups is 1. The van der Waals surface area contributed by atoms with E-state index in [1.165, 1.54) is 23.9 Å². The van der Waals surface area contributed by atoms with E-state index in [9.17, 15) is 14.9 Å². The van der Waals surface area contributed by atoms with Crippen molar-refractivity contribution in [3.05, 3.63) is 40.4 Å². The van der Waals surface area contributed by atoms with Crippen molar-refractivity contribution < 1.29 is 14.8 Å². The fourth-order valence-corrected chi connectivity index (χ4v) is 2.58. The van der Waals surface area contributed by atoms with Crippen LogP contribution in [0, 0.1) is 10.1 Å². The van der Waals surface area contributed by atoms with Gasteiger partial charge in [0.15, 0.2) is 0 Å². The van der Waals surface area contributed by atoms with E-state index in [2.05, 4.69) is 4.98 Å². The molecule has 7 heteroatoms. The number of nitrogens with zero attached hydrogens (tertiary/aromatic N) is 2. The van der Waals surface area contributed by atoms with Crippen LogP contribution in [0.25, 0.3) is 10.9 Å². The van der Waals surface area contributed by atoms with E-state index in [0.29, 0.717) is 22.3 Å². The highest BCUT2D eigenvalue weighted by molar-refractivity contribution is 8.00. The standard InChI is InChI=1S/C13H12N2O4S/c1-2-11(13(16)17)20-12-6-3-8-7-9(15(18)19)4-5-10(8)14-12/h3-7,11H,2H2,1H3,(H,16,17). The second kappa shape index (κ2) is 5.87. The summed E-state index contributed by atoms with van der Waals surface area (Å²) in [6, 6.07) is 7.80. The highest BCUT2D eigenvalue weighted by Crippen LogP contribution is 2.27. The Bertz CT molecular complexity index is 674. The van der Waals surface area contributed by atoms with Crippen LogP contribution in [-0.2, 0) is 4.79 Å². The van der Waals surface area contributed by atoms with Crippen molar-refractivity contribution in [3.8, 4) is 0 Å². The van der Waals surface area contributed by atoms with Crippen LogP contribution in [0.5, 0.6) is 0 Å². The topological polar surface area (TPSA) is 93.3 Å². The lowest BCUT2D eigenvalue weighted by molar-refractivity contribution is -0.384. The lowest BCUT2D eigenvalue weighted by atomic mass is 10.2. The molecule has 0 aliphatic carbocycles. The van der Waals surface area contributed by atoms with Gasteiger partial charge < -0.3 is 5.11 Å². The van der Waals surface area contributed by atoms with E-state index in [4.69, 9.17) is 5.11 Å². The molecule has 1 aromatic heterocycles. The maximum absolute atomic E-state index is 11.0. The predicted molar refractivity (Wildman–Crippen MR) is 76.0 cm³/mol. The average molecular weight is 292 g/mol. The summed E-state index contributed by atoms with van der Waals surface area (Å²) < 4.78 is 0. The Balaban J connectivity index is 2.32. The number of pyridine rings is 1. The van der Waals surface area contributed by atoms with Gasteiger partial charge in [-0.2, -0.15) is 0 Å². The fraction of sp³-hybridized carbons (Fsp3) is 0.231. The maximum Gasteiger partial charge on any atom is 0.317 e. The van der Waals surface area contributed by atoms with Crippen LogP contribution in [0.2, 0.25) is 0 Å². The SMILES string of the molecule is CCC(Sc1ccc2cc([N+](=O)[O-])ccc2n1)C(=O)O. The molecule has 0 amide bonds. The molecule has 0 saturated heterocycles. The number of carboxylic acids is 1. The first-order valence-corrected chi connectivity index (χ1v) is 6.84. The summed E-state index contributed by atoms with van der Waals surface area (Å²) >= 11 is 1.18. The van der Waals surface area contributed by atoms with E-state index >= 15 is 0 Å². The van der Waals surface area contributed by atoms with Gasteiger partial charge in [-0.1, -0.05) is 18.7 Å². The molecule has 1 N–H and O–H groups in total. The molecule has 2 rings (SSSR count). The molecule has 104 valence electrons. The van der Waals surface area contributed by atoms with Crippen LogP contribution in [0.3, 0.4) is 0 Å². The van der Waals surface area contributed by atoms with Crippen LogP contribution in [0.4, 0.5) is 5.69 Å². The van der Waals surface area contributed by atoms with Crippen molar-refractivity contribution in [2.24, 2.45) is 0 Å². The Morgan fingerprint density at radius 1 is 1.45 bits per heavy atom. The Kier molecular flexibility index (Phi) is 4.19. The summed E-state index contributed by atoms with van der Waals surface area (Å²) in [4.78, 5) is 25.5. The van der Waals surface area contributed by atoms with Gasteiger partial charge in [0, 0.05) is 17.5 Å². The van der Waals surface area contributed by atoms with Gasteiger partial charge in [0.05, 0.1) is 15.5 Å². The quantitative estimate of drug-likeness (QED) is 0.517. The highest BCUT2D eigenvalue weighted by atomic mass is 32.2. The smallest absolute Gasteiger partial charge is 0.317 e. The number of rotatable bonds is 5. The van der Waals surface area contributed by atoms with Gasteiger partial charge >= 0.3 is 5.97 Å². The first-order chi connectivity index (χ1) is 9.51. The molecule has 0 saturated carbocycles. The zero-order valence-corrected chi connectivity index (χ0v) is 11.5. The first kappa shape index (κ1) is 14.3. The zero-order valence-electron chi connectivity index (χ0n) is 10.6. The number of hydrogen-bond donors (Lipinski definition) is 1. The second-order valence-electron chi connectivity index (χ2n) is 4.14. The summed E-state index contributed by atoms with van der Waals surface area (Å²) in [7, 11) is 0.